The topological polar surface area (TPSA) is 30.9 Å². The van der Waals surface area contributed by atoms with Crippen molar-refractivity contribution in [2.75, 3.05) is 40.3 Å². The maximum Gasteiger partial charge on any atom is 0.193 e. The fourth-order valence-electron chi connectivity index (χ4n) is 3.92. The van der Waals surface area contributed by atoms with E-state index in [2.05, 4.69) is 27.2 Å². The number of nitrogens with one attached hydrogen (secondary N) is 1. The highest BCUT2D eigenvalue weighted by Gasteiger charge is 2.26. The summed E-state index contributed by atoms with van der Waals surface area (Å²) in [5, 5.41) is 3.56. The van der Waals surface area contributed by atoms with E-state index in [0.717, 1.165) is 32.0 Å². The van der Waals surface area contributed by atoms with Gasteiger partial charge in [-0.2, -0.15) is 0 Å². The molecule has 2 saturated heterocycles. The molecule has 2 fully saturated rings. The molecule has 0 aliphatic carbocycles. The van der Waals surface area contributed by atoms with Gasteiger partial charge in [-0.25, -0.2) is 4.39 Å². The van der Waals surface area contributed by atoms with Crippen LogP contribution in [0.5, 0.6) is 0 Å². The second kappa shape index (κ2) is 9.71. The Kier molecular flexibility index (Phi) is 7.93. The molecule has 2 heterocycles. The molecule has 2 unspecified atom stereocenters. The normalized spacial score (nSPS) is 24.4. The van der Waals surface area contributed by atoms with E-state index in [9.17, 15) is 4.39 Å². The zero-order valence-electron chi connectivity index (χ0n) is 15.2. The zero-order valence-corrected chi connectivity index (χ0v) is 17.6. The Morgan fingerprint density at radius 2 is 2.00 bits per heavy atom. The van der Waals surface area contributed by atoms with Crippen LogP contribution in [-0.4, -0.2) is 62.1 Å². The van der Waals surface area contributed by atoms with Crippen molar-refractivity contribution < 1.29 is 4.39 Å². The molecule has 25 heavy (non-hydrogen) atoms. The number of guanidine groups is 1. The van der Waals surface area contributed by atoms with E-state index in [1.165, 1.54) is 31.4 Å². The van der Waals surface area contributed by atoms with Crippen LogP contribution in [0.15, 0.2) is 29.3 Å². The van der Waals surface area contributed by atoms with Gasteiger partial charge in [0.2, 0.25) is 0 Å². The molecule has 0 amide bonds. The number of rotatable bonds is 4. The molecule has 2 aliphatic heterocycles. The molecular formula is C19H30FIN4. The molecule has 0 spiro atoms. The third-order valence-electron chi connectivity index (χ3n) is 5.40. The average Bonchev–Trinajstić information content (AvgIpc) is 3.20. The average molecular weight is 460 g/mol. The molecular weight excluding hydrogens is 430 g/mol. The van der Waals surface area contributed by atoms with E-state index >= 15 is 0 Å². The minimum absolute atomic E-state index is 0. The van der Waals surface area contributed by atoms with Crippen LogP contribution in [0.3, 0.4) is 0 Å². The lowest BCUT2D eigenvalue weighted by Gasteiger charge is -2.25. The molecule has 0 bridgehead atoms. The van der Waals surface area contributed by atoms with Crippen molar-refractivity contribution in [3.8, 4) is 0 Å². The Hall–Kier alpha value is -0.890. The molecule has 6 heteroatoms. The third-order valence-corrected chi connectivity index (χ3v) is 5.40. The van der Waals surface area contributed by atoms with E-state index in [1.807, 2.05) is 19.2 Å². The monoisotopic (exact) mass is 460 g/mol. The van der Waals surface area contributed by atoms with Crippen molar-refractivity contribution in [2.45, 2.75) is 31.7 Å². The number of aliphatic imine (C=N–C) groups is 1. The van der Waals surface area contributed by atoms with Gasteiger partial charge in [-0.1, -0.05) is 12.1 Å². The number of hydrogen-bond acceptors (Lipinski definition) is 2. The Morgan fingerprint density at radius 3 is 2.64 bits per heavy atom. The fraction of sp³-hybridized carbons (Fsp3) is 0.632. The molecule has 0 aromatic heterocycles. The number of likely N-dealkylation sites (tertiary alicyclic amines) is 2. The van der Waals surface area contributed by atoms with Crippen molar-refractivity contribution in [2.24, 2.45) is 10.9 Å². The van der Waals surface area contributed by atoms with Crippen molar-refractivity contribution in [3.63, 3.8) is 0 Å². The summed E-state index contributed by atoms with van der Waals surface area (Å²) in [4.78, 5) is 9.27. The summed E-state index contributed by atoms with van der Waals surface area (Å²) in [5.41, 5.74) is 1.22. The zero-order chi connectivity index (χ0) is 16.9. The van der Waals surface area contributed by atoms with Gasteiger partial charge in [0.25, 0.3) is 0 Å². The summed E-state index contributed by atoms with van der Waals surface area (Å²) in [6, 6.07) is 7.54. The molecule has 1 aromatic carbocycles. The quantitative estimate of drug-likeness (QED) is 0.426. The van der Waals surface area contributed by atoms with E-state index in [-0.39, 0.29) is 29.8 Å². The Bertz CT molecular complexity index is 563. The van der Waals surface area contributed by atoms with Crippen molar-refractivity contribution in [3.05, 3.63) is 35.6 Å². The summed E-state index contributed by atoms with van der Waals surface area (Å²) in [6.45, 7) is 4.25. The Balaban J connectivity index is 0.00000225. The molecule has 2 atom stereocenters. The fourth-order valence-corrected chi connectivity index (χ4v) is 3.92. The van der Waals surface area contributed by atoms with E-state index in [1.54, 1.807) is 12.1 Å². The highest BCUT2D eigenvalue weighted by Crippen LogP contribution is 2.21. The summed E-state index contributed by atoms with van der Waals surface area (Å²) in [7, 11) is 4.07. The molecule has 3 rings (SSSR count). The second-order valence-electron chi connectivity index (χ2n) is 7.14. The summed E-state index contributed by atoms with van der Waals surface area (Å²) in [5.74, 6) is 1.48. The van der Waals surface area contributed by atoms with Crippen LogP contribution in [-0.2, 0) is 6.42 Å². The van der Waals surface area contributed by atoms with Gasteiger partial charge >= 0.3 is 0 Å². The number of halogens is 2. The number of hydrogen-bond donors (Lipinski definition) is 1. The maximum atomic E-state index is 13.0. The minimum Gasteiger partial charge on any atom is -0.355 e. The van der Waals surface area contributed by atoms with Gasteiger partial charge in [0.1, 0.15) is 5.82 Å². The van der Waals surface area contributed by atoms with Crippen molar-refractivity contribution >= 4 is 29.9 Å². The second-order valence-corrected chi connectivity index (χ2v) is 7.14. The number of likely N-dealkylation sites (N-methyl/N-ethyl adjacent to an activating group) is 1. The molecule has 4 nitrogen and oxygen atoms in total. The standard InChI is InChI=1S/C19H29FN4.HI/c1-21-19(22-13-18-4-3-10-23(18)2)24-11-9-16(14-24)12-15-5-7-17(20)8-6-15;/h5-8,16,18H,3-4,9-14H2,1-2H3,(H,21,22);1H. The number of nitrogens with zero attached hydrogens (tertiary/aromatic N) is 3. The lowest BCUT2D eigenvalue weighted by molar-refractivity contribution is 0.306. The van der Waals surface area contributed by atoms with Crippen LogP contribution in [0.4, 0.5) is 4.39 Å². The molecule has 0 radical (unpaired) electrons. The Morgan fingerprint density at radius 1 is 1.24 bits per heavy atom. The summed E-state index contributed by atoms with van der Waals surface area (Å²) >= 11 is 0. The first-order valence-electron chi connectivity index (χ1n) is 9.06. The predicted molar refractivity (Wildman–Crippen MR) is 112 cm³/mol. The first kappa shape index (κ1) is 20.4. The van der Waals surface area contributed by atoms with Crippen LogP contribution in [0.1, 0.15) is 24.8 Å². The van der Waals surface area contributed by atoms with Crippen LogP contribution in [0.2, 0.25) is 0 Å². The highest BCUT2D eigenvalue weighted by molar-refractivity contribution is 14.0. The minimum atomic E-state index is -0.159. The first-order chi connectivity index (χ1) is 11.7. The summed E-state index contributed by atoms with van der Waals surface area (Å²) < 4.78 is 13.0. The van der Waals surface area contributed by atoms with Gasteiger partial charge in [0, 0.05) is 32.7 Å². The molecule has 0 saturated carbocycles. The predicted octanol–water partition coefficient (Wildman–Crippen LogP) is 2.98. The van der Waals surface area contributed by atoms with Crippen LogP contribution in [0, 0.1) is 11.7 Å². The lowest BCUT2D eigenvalue weighted by Crippen LogP contribution is -2.45. The highest BCUT2D eigenvalue weighted by atomic mass is 127. The van der Waals surface area contributed by atoms with E-state index in [0.29, 0.717) is 12.0 Å². The third kappa shape index (κ3) is 5.54. The smallest absolute Gasteiger partial charge is 0.193 e. The molecule has 140 valence electrons. The van der Waals surface area contributed by atoms with Crippen molar-refractivity contribution in [1.29, 1.82) is 0 Å². The first-order valence-corrected chi connectivity index (χ1v) is 9.06. The Labute approximate surface area is 167 Å². The molecule has 1 N–H and O–H groups in total. The lowest BCUT2D eigenvalue weighted by atomic mass is 9.99. The summed E-state index contributed by atoms with van der Waals surface area (Å²) in [6.07, 6.45) is 4.75. The van der Waals surface area contributed by atoms with E-state index < -0.39 is 0 Å². The largest absolute Gasteiger partial charge is 0.355 e. The van der Waals surface area contributed by atoms with Crippen LogP contribution in [0.25, 0.3) is 0 Å². The number of benzene rings is 1. The SMILES string of the molecule is CN=C(NCC1CCCN1C)N1CCC(Cc2ccc(F)cc2)C1.I. The van der Waals surface area contributed by atoms with Gasteiger partial charge in [0.05, 0.1) is 0 Å². The van der Waals surface area contributed by atoms with Gasteiger partial charge in [0.15, 0.2) is 5.96 Å². The molecule has 1 aromatic rings. The van der Waals surface area contributed by atoms with Gasteiger partial charge in [-0.3, -0.25) is 4.99 Å². The van der Waals surface area contributed by atoms with Crippen LogP contribution < -0.4 is 5.32 Å². The maximum absolute atomic E-state index is 13.0. The van der Waals surface area contributed by atoms with Gasteiger partial charge in [-0.15, -0.1) is 24.0 Å². The van der Waals surface area contributed by atoms with Crippen molar-refractivity contribution in [1.82, 2.24) is 15.1 Å². The van der Waals surface area contributed by atoms with E-state index in [4.69, 9.17) is 0 Å². The van der Waals surface area contributed by atoms with Gasteiger partial charge in [-0.05, 0) is 62.9 Å². The van der Waals surface area contributed by atoms with Gasteiger partial charge < -0.3 is 15.1 Å². The van der Waals surface area contributed by atoms with Crippen LogP contribution >= 0.6 is 24.0 Å². The molecule has 2 aliphatic rings.